The first-order chi connectivity index (χ1) is 12.6. The minimum atomic E-state index is -0.141. The zero-order valence-electron chi connectivity index (χ0n) is 15.2. The van der Waals surface area contributed by atoms with Crippen molar-refractivity contribution in [2.45, 2.75) is 32.9 Å². The van der Waals surface area contributed by atoms with E-state index in [9.17, 15) is 4.79 Å². The predicted molar refractivity (Wildman–Crippen MR) is 98.3 cm³/mol. The lowest BCUT2D eigenvalue weighted by molar-refractivity contribution is 0.0739. The van der Waals surface area contributed by atoms with E-state index in [4.69, 9.17) is 0 Å². The second-order valence-electron chi connectivity index (χ2n) is 6.11. The van der Waals surface area contributed by atoms with Crippen LogP contribution in [0, 0.1) is 0 Å². The zero-order valence-corrected chi connectivity index (χ0v) is 15.2. The van der Waals surface area contributed by atoms with E-state index < -0.39 is 0 Å². The molecule has 0 spiro atoms. The second-order valence-corrected chi connectivity index (χ2v) is 6.11. The smallest absolute Gasteiger partial charge is 0.254 e. The number of aryl methyl sites for hydroxylation is 1. The molecule has 26 heavy (non-hydrogen) atoms. The zero-order chi connectivity index (χ0) is 18.5. The first-order valence-corrected chi connectivity index (χ1v) is 8.63. The largest absolute Gasteiger partial charge is 0.333 e. The molecule has 0 saturated heterocycles. The van der Waals surface area contributed by atoms with Crippen LogP contribution in [0.2, 0.25) is 0 Å². The molecular formula is C19H22N6O. The van der Waals surface area contributed by atoms with Gasteiger partial charge in [-0.05, 0) is 31.5 Å². The average Bonchev–Trinajstić information content (AvgIpc) is 3.15. The average molecular weight is 350 g/mol. The number of benzene rings is 1. The predicted octanol–water partition coefficient (Wildman–Crippen LogP) is 2.98. The third kappa shape index (κ3) is 3.61. The SMILES string of the molecule is CCCn1ncnc1-c1ccc(C(=O)N(C)C(C)c2ccncn2)cc1. The van der Waals surface area contributed by atoms with Crippen LogP contribution in [-0.2, 0) is 6.54 Å². The minimum absolute atomic E-state index is 0.0577. The van der Waals surface area contributed by atoms with Crippen LogP contribution in [0.3, 0.4) is 0 Å². The highest BCUT2D eigenvalue weighted by molar-refractivity contribution is 5.94. The maximum absolute atomic E-state index is 12.8. The molecule has 3 aromatic rings. The summed E-state index contributed by atoms with van der Waals surface area (Å²) >= 11 is 0. The van der Waals surface area contributed by atoms with Crippen molar-refractivity contribution in [1.29, 1.82) is 0 Å². The molecule has 0 saturated carbocycles. The standard InChI is InChI=1S/C19H22N6O/c1-4-11-25-18(22-13-23-25)15-5-7-16(8-6-15)19(26)24(3)14(2)17-9-10-20-12-21-17/h5-10,12-14H,4,11H2,1-3H3. The van der Waals surface area contributed by atoms with Crippen LogP contribution >= 0.6 is 0 Å². The van der Waals surface area contributed by atoms with Gasteiger partial charge in [-0.3, -0.25) is 4.79 Å². The lowest BCUT2D eigenvalue weighted by atomic mass is 10.1. The van der Waals surface area contributed by atoms with Gasteiger partial charge in [-0.15, -0.1) is 0 Å². The fourth-order valence-electron chi connectivity index (χ4n) is 2.75. The van der Waals surface area contributed by atoms with Gasteiger partial charge in [0.05, 0.1) is 11.7 Å². The van der Waals surface area contributed by atoms with Crippen molar-refractivity contribution in [3.63, 3.8) is 0 Å². The molecule has 2 aromatic heterocycles. The van der Waals surface area contributed by atoms with Gasteiger partial charge in [0, 0.05) is 30.9 Å². The van der Waals surface area contributed by atoms with Gasteiger partial charge in [0.1, 0.15) is 12.7 Å². The Labute approximate surface area is 152 Å². The van der Waals surface area contributed by atoms with E-state index in [1.165, 1.54) is 6.33 Å². The monoisotopic (exact) mass is 350 g/mol. The van der Waals surface area contributed by atoms with Gasteiger partial charge in [0.15, 0.2) is 5.82 Å². The maximum Gasteiger partial charge on any atom is 0.254 e. The molecule has 0 radical (unpaired) electrons. The van der Waals surface area contributed by atoms with Crippen LogP contribution < -0.4 is 0 Å². The van der Waals surface area contributed by atoms with E-state index >= 15 is 0 Å². The van der Waals surface area contributed by atoms with Gasteiger partial charge in [-0.2, -0.15) is 5.10 Å². The fourth-order valence-corrected chi connectivity index (χ4v) is 2.75. The van der Waals surface area contributed by atoms with Gasteiger partial charge < -0.3 is 4.90 Å². The van der Waals surface area contributed by atoms with Gasteiger partial charge in [0.25, 0.3) is 5.91 Å². The Morgan fingerprint density at radius 1 is 1.15 bits per heavy atom. The Bertz CT molecular complexity index is 859. The Morgan fingerprint density at radius 2 is 1.92 bits per heavy atom. The number of rotatable bonds is 6. The van der Waals surface area contributed by atoms with Crippen molar-refractivity contribution in [3.05, 3.63) is 60.4 Å². The van der Waals surface area contributed by atoms with E-state index in [1.807, 2.05) is 41.9 Å². The Kier molecular flexibility index (Phi) is 5.36. The van der Waals surface area contributed by atoms with E-state index in [0.717, 1.165) is 30.0 Å². The van der Waals surface area contributed by atoms with Gasteiger partial charge in [0.2, 0.25) is 0 Å². The first-order valence-electron chi connectivity index (χ1n) is 8.63. The molecule has 0 fully saturated rings. The molecular weight excluding hydrogens is 328 g/mol. The molecule has 3 rings (SSSR count). The lowest BCUT2D eigenvalue weighted by Crippen LogP contribution is -2.30. The highest BCUT2D eigenvalue weighted by atomic mass is 16.2. The Morgan fingerprint density at radius 3 is 2.58 bits per heavy atom. The molecule has 0 N–H and O–H groups in total. The van der Waals surface area contributed by atoms with Crippen LogP contribution in [0.1, 0.15) is 42.4 Å². The summed E-state index contributed by atoms with van der Waals surface area (Å²) in [6.45, 7) is 4.86. The third-order valence-corrected chi connectivity index (χ3v) is 4.38. The maximum atomic E-state index is 12.8. The van der Waals surface area contributed by atoms with Crippen LogP contribution in [-0.4, -0.2) is 42.6 Å². The molecule has 0 aliphatic heterocycles. The number of amides is 1. The van der Waals surface area contributed by atoms with Crippen molar-refractivity contribution in [2.24, 2.45) is 0 Å². The lowest BCUT2D eigenvalue weighted by Gasteiger charge is -2.24. The summed E-state index contributed by atoms with van der Waals surface area (Å²) in [7, 11) is 1.78. The van der Waals surface area contributed by atoms with Crippen LogP contribution in [0.15, 0.2) is 49.2 Å². The summed E-state index contributed by atoms with van der Waals surface area (Å²) in [5, 5.41) is 4.24. The third-order valence-electron chi connectivity index (χ3n) is 4.38. The summed E-state index contributed by atoms with van der Waals surface area (Å²) in [5.74, 6) is 0.756. The normalized spacial score (nSPS) is 12.0. The molecule has 2 heterocycles. The molecule has 0 aliphatic rings. The molecule has 134 valence electrons. The molecule has 7 nitrogen and oxygen atoms in total. The van der Waals surface area contributed by atoms with Crippen molar-refractivity contribution >= 4 is 5.91 Å². The van der Waals surface area contributed by atoms with E-state index in [-0.39, 0.29) is 11.9 Å². The van der Waals surface area contributed by atoms with Crippen molar-refractivity contribution < 1.29 is 4.79 Å². The van der Waals surface area contributed by atoms with E-state index in [0.29, 0.717) is 5.56 Å². The Hall–Kier alpha value is -3.09. The van der Waals surface area contributed by atoms with Gasteiger partial charge in [-0.25, -0.2) is 19.6 Å². The molecule has 1 aromatic carbocycles. The van der Waals surface area contributed by atoms with Crippen LogP contribution in [0.4, 0.5) is 0 Å². The number of hydrogen-bond acceptors (Lipinski definition) is 5. The highest BCUT2D eigenvalue weighted by Gasteiger charge is 2.20. The molecule has 0 bridgehead atoms. The van der Waals surface area contributed by atoms with Crippen molar-refractivity contribution in [1.82, 2.24) is 29.6 Å². The molecule has 0 aliphatic carbocycles. The summed E-state index contributed by atoms with van der Waals surface area (Å²) in [6.07, 6.45) is 5.71. The number of hydrogen-bond donors (Lipinski definition) is 0. The minimum Gasteiger partial charge on any atom is -0.333 e. The second kappa shape index (κ2) is 7.86. The van der Waals surface area contributed by atoms with Crippen LogP contribution in [0.25, 0.3) is 11.4 Å². The van der Waals surface area contributed by atoms with Crippen LogP contribution in [0.5, 0.6) is 0 Å². The van der Waals surface area contributed by atoms with Gasteiger partial charge in [-0.1, -0.05) is 19.1 Å². The summed E-state index contributed by atoms with van der Waals surface area (Å²) in [5.41, 5.74) is 2.37. The first kappa shape index (κ1) is 17.7. The molecule has 1 amide bonds. The molecule has 1 atom stereocenters. The van der Waals surface area contributed by atoms with E-state index in [1.54, 1.807) is 24.5 Å². The quantitative estimate of drug-likeness (QED) is 0.683. The van der Waals surface area contributed by atoms with Gasteiger partial charge >= 0.3 is 0 Å². The molecule has 7 heteroatoms. The Balaban J connectivity index is 1.77. The fraction of sp³-hybridized carbons (Fsp3) is 0.316. The van der Waals surface area contributed by atoms with E-state index in [2.05, 4.69) is 27.0 Å². The number of carbonyl (C=O) groups excluding carboxylic acids is 1. The van der Waals surface area contributed by atoms with Crippen molar-refractivity contribution in [3.8, 4) is 11.4 Å². The number of aromatic nitrogens is 5. The summed E-state index contributed by atoms with van der Waals surface area (Å²) in [6, 6.07) is 9.15. The summed E-state index contributed by atoms with van der Waals surface area (Å²) in [4.78, 5) is 26.9. The number of nitrogens with zero attached hydrogens (tertiary/aromatic N) is 6. The summed E-state index contributed by atoms with van der Waals surface area (Å²) < 4.78 is 1.88. The number of carbonyl (C=O) groups is 1. The topological polar surface area (TPSA) is 76.8 Å². The highest BCUT2D eigenvalue weighted by Crippen LogP contribution is 2.21. The van der Waals surface area contributed by atoms with Crippen molar-refractivity contribution in [2.75, 3.05) is 7.05 Å². The molecule has 1 unspecified atom stereocenters.